The van der Waals surface area contributed by atoms with Gasteiger partial charge in [0.2, 0.25) is 17.7 Å². The Labute approximate surface area is 168 Å². The fourth-order valence-corrected chi connectivity index (χ4v) is 2.22. The van der Waals surface area contributed by atoms with Crippen LogP contribution in [0.4, 0.5) is 0 Å². The predicted octanol–water partition coefficient (Wildman–Crippen LogP) is -1.68. The highest BCUT2D eigenvalue weighted by molar-refractivity contribution is 7.80. The molecule has 0 radical (unpaired) electrons. The van der Waals surface area contributed by atoms with Crippen LogP contribution in [0.15, 0.2) is 0 Å². The summed E-state index contributed by atoms with van der Waals surface area (Å²) in [6.45, 7) is 4.90. The van der Waals surface area contributed by atoms with Gasteiger partial charge in [0.05, 0.1) is 6.04 Å². The Hall–Kier alpha value is -2.34. The van der Waals surface area contributed by atoms with Gasteiger partial charge in [-0.3, -0.25) is 19.2 Å². The number of carboxylic acid groups (broad SMARTS) is 2. The SMILES string of the molecule is CC(NC(=O)C(N)C(C)C)C(=O)NC(CS)C(=O)NC(CCC(=O)O)C(=O)O. The fourth-order valence-electron chi connectivity index (χ4n) is 1.97. The molecule has 3 amide bonds. The van der Waals surface area contributed by atoms with E-state index in [1.54, 1.807) is 13.8 Å². The number of carbonyl (C=O) groups is 5. The first-order valence-corrected chi connectivity index (χ1v) is 9.26. The van der Waals surface area contributed by atoms with Gasteiger partial charge in [-0.25, -0.2) is 4.79 Å². The molecule has 0 aromatic carbocycles. The zero-order valence-corrected chi connectivity index (χ0v) is 16.9. The average Bonchev–Trinajstić information content (AvgIpc) is 2.60. The third kappa shape index (κ3) is 9.04. The molecule has 0 aliphatic heterocycles. The summed E-state index contributed by atoms with van der Waals surface area (Å²) >= 11 is 3.96. The number of hydrogen-bond acceptors (Lipinski definition) is 7. The highest BCUT2D eigenvalue weighted by Gasteiger charge is 2.28. The van der Waals surface area contributed by atoms with E-state index in [2.05, 4.69) is 28.6 Å². The van der Waals surface area contributed by atoms with Crippen LogP contribution in [0.3, 0.4) is 0 Å². The lowest BCUT2D eigenvalue weighted by atomic mass is 10.0. The Bertz CT molecular complexity index is 600. The van der Waals surface area contributed by atoms with Crippen molar-refractivity contribution in [2.75, 3.05) is 5.75 Å². The zero-order valence-electron chi connectivity index (χ0n) is 16.0. The summed E-state index contributed by atoms with van der Waals surface area (Å²) in [7, 11) is 0. The number of aliphatic carboxylic acids is 2. The number of rotatable bonds is 12. The van der Waals surface area contributed by atoms with E-state index >= 15 is 0 Å². The van der Waals surface area contributed by atoms with E-state index < -0.39 is 60.2 Å². The van der Waals surface area contributed by atoms with Crippen LogP contribution in [0.1, 0.15) is 33.6 Å². The van der Waals surface area contributed by atoms with Crippen molar-refractivity contribution < 1.29 is 34.2 Å². The lowest BCUT2D eigenvalue weighted by Crippen LogP contribution is -2.57. The Morgan fingerprint density at radius 2 is 1.43 bits per heavy atom. The zero-order chi connectivity index (χ0) is 22.0. The van der Waals surface area contributed by atoms with E-state index in [0.29, 0.717) is 0 Å². The largest absolute Gasteiger partial charge is 0.481 e. The van der Waals surface area contributed by atoms with Crippen molar-refractivity contribution in [3.8, 4) is 0 Å². The van der Waals surface area contributed by atoms with Crippen molar-refractivity contribution in [3.05, 3.63) is 0 Å². The van der Waals surface area contributed by atoms with Gasteiger partial charge >= 0.3 is 11.9 Å². The van der Waals surface area contributed by atoms with Crippen LogP contribution in [0.5, 0.6) is 0 Å². The minimum atomic E-state index is -1.43. The number of carboxylic acids is 2. The standard InChI is InChI=1S/C16H28N4O7S/c1-7(2)12(17)15(25)18-8(3)13(23)20-10(6-28)14(24)19-9(16(26)27)4-5-11(21)22/h7-10,12,28H,4-6,17H2,1-3H3,(H,18,25)(H,19,24)(H,20,23)(H,21,22)(H,26,27). The molecule has 0 saturated heterocycles. The van der Waals surface area contributed by atoms with Crippen LogP contribution in [0, 0.1) is 5.92 Å². The van der Waals surface area contributed by atoms with Crippen molar-refractivity contribution in [3.63, 3.8) is 0 Å². The number of hydrogen-bond donors (Lipinski definition) is 7. The van der Waals surface area contributed by atoms with E-state index in [9.17, 15) is 24.0 Å². The molecule has 0 rings (SSSR count). The summed E-state index contributed by atoms with van der Waals surface area (Å²) in [5, 5.41) is 24.7. The van der Waals surface area contributed by atoms with Crippen molar-refractivity contribution in [2.45, 2.75) is 57.8 Å². The summed E-state index contributed by atoms with van der Waals surface area (Å²) in [5.41, 5.74) is 5.70. The fraction of sp³-hybridized carbons (Fsp3) is 0.688. The normalized spacial score (nSPS) is 15.1. The minimum absolute atomic E-state index is 0.134. The van der Waals surface area contributed by atoms with Gasteiger partial charge in [0.25, 0.3) is 0 Å². The van der Waals surface area contributed by atoms with Gasteiger partial charge in [-0.2, -0.15) is 12.6 Å². The molecular formula is C16H28N4O7S. The van der Waals surface area contributed by atoms with Crippen molar-refractivity contribution in [2.24, 2.45) is 11.7 Å². The van der Waals surface area contributed by atoms with Gasteiger partial charge in [0, 0.05) is 12.2 Å². The molecule has 28 heavy (non-hydrogen) atoms. The first-order chi connectivity index (χ1) is 12.9. The van der Waals surface area contributed by atoms with E-state index in [-0.39, 0.29) is 18.1 Å². The van der Waals surface area contributed by atoms with Crippen LogP contribution in [-0.2, 0) is 24.0 Å². The van der Waals surface area contributed by atoms with E-state index in [1.807, 2.05) is 0 Å². The van der Waals surface area contributed by atoms with Crippen LogP contribution in [0.2, 0.25) is 0 Å². The van der Waals surface area contributed by atoms with Crippen LogP contribution < -0.4 is 21.7 Å². The maximum Gasteiger partial charge on any atom is 0.326 e. The Morgan fingerprint density at radius 1 is 0.893 bits per heavy atom. The van der Waals surface area contributed by atoms with Crippen LogP contribution in [-0.4, -0.2) is 69.8 Å². The van der Waals surface area contributed by atoms with Gasteiger partial charge in [-0.1, -0.05) is 13.8 Å². The van der Waals surface area contributed by atoms with Gasteiger partial charge in [-0.05, 0) is 19.3 Å². The minimum Gasteiger partial charge on any atom is -0.481 e. The number of carbonyl (C=O) groups excluding carboxylic acids is 3. The molecule has 12 heteroatoms. The summed E-state index contributed by atoms with van der Waals surface area (Å²) < 4.78 is 0. The number of nitrogens with one attached hydrogen (secondary N) is 3. The number of thiol groups is 1. The molecule has 0 heterocycles. The third-order valence-corrected chi connectivity index (χ3v) is 4.22. The summed E-state index contributed by atoms with van der Waals surface area (Å²) in [4.78, 5) is 58.1. The quantitative estimate of drug-likeness (QED) is 0.182. The predicted molar refractivity (Wildman–Crippen MR) is 103 cm³/mol. The molecule has 0 spiro atoms. The second kappa shape index (κ2) is 12.2. The van der Waals surface area contributed by atoms with E-state index in [1.165, 1.54) is 6.92 Å². The van der Waals surface area contributed by atoms with Gasteiger partial charge in [-0.15, -0.1) is 0 Å². The van der Waals surface area contributed by atoms with E-state index in [4.69, 9.17) is 15.9 Å². The van der Waals surface area contributed by atoms with E-state index in [0.717, 1.165) is 0 Å². The molecular weight excluding hydrogens is 392 g/mol. The molecule has 0 saturated carbocycles. The monoisotopic (exact) mass is 420 g/mol. The molecule has 0 aliphatic rings. The molecule has 0 aromatic rings. The molecule has 0 fully saturated rings. The van der Waals surface area contributed by atoms with Crippen LogP contribution >= 0.6 is 12.6 Å². The summed E-state index contributed by atoms with van der Waals surface area (Å²) in [6, 6.07) is -4.40. The van der Waals surface area contributed by atoms with Gasteiger partial charge in [0.1, 0.15) is 18.1 Å². The second-order valence-corrected chi connectivity index (χ2v) is 6.94. The molecule has 11 nitrogen and oxygen atoms in total. The van der Waals surface area contributed by atoms with Crippen molar-refractivity contribution >= 4 is 42.3 Å². The molecule has 0 aromatic heterocycles. The van der Waals surface area contributed by atoms with Gasteiger partial charge in [0.15, 0.2) is 0 Å². The summed E-state index contributed by atoms with van der Waals surface area (Å²) in [6.07, 6.45) is -0.766. The van der Waals surface area contributed by atoms with Crippen molar-refractivity contribution in [1.82, 2.24) is 16.0 Å². The van der Waals surface area contributed by atoms with Gasteiger partial charge < -0.3 is 31.9 Å². The smallest absolute Gasteiger partial charge is 0.326 e. The number of amides is 3. The first kappa shape index (κ1) is 25.7. The highest BCUT2D eigenvalue weighted by atomic mass is 32.1. The third-order valence-electron chi connectivity index (χ3n) is 3.85. The molecule has 160 valence electrons. The Balaban J connectivity index is 4.85. The van der Waals surface area contributed by atoms with Crippen molar-refractivity contribution in [1.29, 1.82) is 0 Å². The maximum atomic E-state index is 12.2. The Kier molecular flexibility index (Phi) is 11.2. The molecule has 4 atom stereocenters. The molecule has 0 aliphatic carbocycles. The number of nitrogens with two attached hydrogens (primary N) is 1. The summed E-state index contributed by atoms with van der Waals surface area (Å²) in [5.74, 6) is -4.93. The maximum absolute atomic E-state index is 12.2. The average molecular weight is 420 g/mol. The second-order valence-electron chi connectivity index (χ2n) is 6.58. The Morgan fingerprint density at radius 3 is 1.86 bits per heavy atom. The topological polar surface area (TPSA) is 188 Å². The molecule has 0 bridgehead atoms. The molecule has 4 unspecified atom stereocenters. The lowest BCUT2D eigenvalue weighted by molar-refractivity contribution is -0.143. The first-order valence-electron chi connectivity index (χ1n) is 8.62. The van der Waals surface area contributed by atoms with Crippen LogP contribution in [0.25, 0.3) is 0 Å². The highest BCUT2D eigenvalue weighted by Crippen LogP contribution is 2.01. The molecule has 7 N–H and O–H groups in total. The lowest BCUT2D eigenvalue weighted by Gasteiger charge is -2.23.